The van der Waals surface area contributed by atoms with Crippen molar-refractivity contribution < 1.29 is 83.8 Å². The van der Waals surface area contributed by atoms with Crippen molar-refractivity contribution in [3.8, 4) is 17.9 Å². The summed E-state index contributed by atoms with van der Waals surface area (Å²) in [5, 5.41) is 40.4. The number of ether oxygens (including phenoxy) is 5. The third-order valence-corrected chi connectivity index (χ3v) is 21.2. The topological polar surface area (TPSA) is 202 Å². The Labute approximate surface area is 462 Å². The summed E-state index contributed by atoms with van der Waals surface area (Å²) in [5.41, 5.74) is -13.0. The van der Waals surface area contributed by atoms with Gasteiger partial charge in [0.15, 0.2) is 46.2 Å². The number of carbonyl (C=O) groups excluding carboxylic acids is 4. The molecule has 1 aromatic carbocycles. The first-order valence-corrected chi connectivity index (χ1v) is 27.4. The van der Waals surface area contributed by atoms with E-state index in [1.807, 2.05) is 12.1 Å². The van der Waals surface area contributed by atoms with Crippen LogP contribution in [0.25, 0.3) is 0 Å². The minimum Gasteiger partial charge on any atom is -0.406 e. The lowest BCUT2D eigenvalue weighted by molar-refractivity contribution is -0.274. The minimum absolute atomic E-state index is 0. The normalized spacial score (nSPS) is 45.2. The molecule has 22 heteroatoms. The van der Waals surface area contributed by atoms with Crippen LogP contribution < -0.4 is 4.74 Å². The van der Waals surface area contributed by atoms with Gasteiger partial charge in [-0.3, -0.25) is 19.2 Å². The number of carbonyl (C=O) groups is 4. The Kier molecular flexibility index (Phi) is 15.3. The third kappa shape index (κ3) is 8.35. The van der Waals surface area contributed by atoms with Crippen LogP contribution in [0.1, 0.15) is 107 Å². The van der Waals surface area contributed by atoms with Crippen LogP contribution in [0.5, 0.6) is 5.75 Å². The second-order valence-electron chi connectivity index (χ2n) is 23.4. The monoisotopic (exact) mass is 1150 g/mol. The molecule has 2 aliphatic heterocycles. The fourth-order valence-corrected chi connectivity index (χ4v) is 18.0. The van der Waals surface area contributed by atoms with Crippen molar-refractivity contribution in [1.82, 2.24) is 0 Å². The molecule has 13 nitrogen and oxygen atoms in total. The van der Waals surface area contributed by atoms with Gasteiger partial charge in [-0.25, -0.2) is 17.6 Å². The summed E-state index contributed by atoms with van der Waals surface area (Å²) in [4.78, 5) is 51.6. The molecule has 0 radical (unpaired) electrons. The maximum absolute atomic E-state index is 17.5. The van der Waals surface area contributed by atoms with Gasteiger partial charge in [0.2, 0.25) is 10.2 Å². The maximum Gasteiger partial charge on any atom is 0.573 e. The van der Waals surface area contributed by atoms with Crippen LogP contribution in [-0.2, 0) is 38.1 Å². The number of fused-ring (bicyclic) bond motifs is 14. The van der Waals surface area contributed by atoms with Crippen molar-refractivity contribution in [2.24, 2.45) is 45.3 Å². The Bertz CT molecular complexity index is 2910. The zero-order valence-corrected chi connectivity index (χ0v) is 44.3. The molecule has 1 aromatic rings. The summed E-state index contributed by atoms with van der Waals surface area (Å²) in [6, 6.07) is 8.61. The molecule has 0 spiro atoms. The number of thioether (sulfide) groups is 2. The largest absolute Gasteiger partial charge is 0.573 e. The highest BCUT2D eigenvalue weighted by molar-refractivity contribution is 8.14. The molecule has 0 bridgehead atoms. The Morgan fingerprint density at radius 2 is 1.14 bits per heavy atom. The number of nitrogens with zero attached hydrogens (tertiary/aromatic N) is 2. The maximum atomic E-state index is 17.5. The number of aliphatic hydroxyl groups excluding tert-OH is 2. The number of benzene rings is 1. The standard InChI is InChI=1S/C30H28F5NO6S.C25H29F2NO5S.2CH4/c1-26-8-7-16(37)11-20(26)21(31)12-19-18-13-23-29(25(39)43-10-9-36,27(18,2)14-22(38)28(19,26)32)42-24(40-23)15-3-5-17(6-4-15)41-30(33,34)35;1-21(2)32-19-11-14-15-10-17(26)16-9-13(29)5-6-22(16,3)24(15,27)18(30)12-23(14,4)25(19,33-21)20(31)34-8-7-28;;/h3-8,11,18-19,21-24,38H,10,12-14H2,1-2H3;5-6,9,14-15,17-19,30H,8,10-12H2,1-4H3;2*1H4/t18-,19-,21-,22-,23+,24?,26-,27-,28-,29-;14-,15-,17-,18-,19+,22-,23-,24-,25-;;/m00../s1. The number of aliphatic hydroxyl groups is 2. The molecule has 2 N–H and O–H groups in total. The number of ketones is 2. The third-order valence-electron chi connectivity index (χ3n) is 19.5. The summed E-state index contributed by atoms with van der Waals surface area (Å²) >= 11 is 1.52. The smallest absolute Gasteiger partial charge is 0.406 e. The Morgan fingerprint density at radius 1 is 0.696 bits per heavy atom. The lowest BCUT2D eigenvalue weighted by Gasteiger charge is -2.63. The quantitative estimate of drug-likeness (QED) is 0.255. The van der Waals surface area contributed by atoms with E-state index < -0.39 is 146 Å². The lowest BCUT2D eigenvalue weighted by Crippen LogP contribution is -2.70. The first-order chi connectivity index (χ1) is 35.9. The van der Waals surface area contributed by atoms with E-state index in [0.29, 0.717) is 17.3 Å². The summed E-state index contributed by atoms with van der Waals surface area (Å²) < 4.78 is 133. The zero-order chi connectivity index (χ0) is 56.1. The van der Waals surface area contributed by atoms with Crippen LogP contribution in [0.3, 0.4) is 0 Å². The number of halogens is 7. The van der Waals surface area contributed by atoms with Crippen molar-refractivity contribution in [3.63, 3.8) is 0 Å². The van der Waals surface area contributed by atoms with E-state index in [1.54, 1.807) is 34.6 Å². The molecule has 1 unspecified atom stereocenters. The van der Waals surface area contributed by atoms with E-state index in [-0.39, 0.29) is 81.1 Å². The minimum atomic E-state index is -4.89. The number of hydrogen-bond donors (Lipinski definition) is 2. The number of allylic oxidation sites excluding steroid dienone is 8. The van der Waals surface area contributed by atoms with E-state index in [2.05, 4.69) is 4.74 Å². The van der Waals surface area contributed by atoms with Crippen LogP contribution in [0.4, 0.5) is 30.7 Å². The fraction of sp³-hybridized carbons (Fsp3) is 0.649. The fourth-order valence-electron chi connectivity index (χ4n) is 16.3. The Balaban J connectivity index is 0.000000208. The highest BCUT2D eigenvalue weighted by Gasteiger charge is 2.82. The van der Waals surface area contributed by atoms with Crippen molar-refractivity contribution in [1.29, 1.82) is 10.5 Å². The van der Waals surface area contributed by atoms with Gasteiger partial charge < -0.3 is 33.9 Å². The van der Waals surface area contributed by atoms with E-state index in [0.717, 1.165) is 36.0 Å². The van der Waals surface area contributed by atoms with Crippen LogP contribution in [0, 0.1) is 68.0 Å². The van der Waals surface area contributed by atoms with Gasteiger partial charge in [0.25, 0.3) is 0 Å². The molecular weight excluding hydrogens is 1090 g/mol. The average Bonchev–Trinajstić information content (AvgIpc) is 4.02. The van der Waals surface area contributed by atoms with E-state index in [9.17, 15) is 47.8 Å². The van der Waals surface area contributed by atoms with Gasteiger partial charge in [-0.2, -0.15) is 10.5 Å². The number of nitriles is 2. The predicted octanol–water partition coefficient (Wildman–Crippen LogP) is 10.3. The van der Waals surface area contributed by atoms with Crippen LogP contribution >= 0.6 is 23.5 Å². The average molecular weight is 1150 g/mol. The van der Waals surface area contributed by atoms with Gasteiger partial charge in [0.1, 0.15) is 18.1 Å². The van der Waals surface area contributed by atoms with Crippen LogP contribution in [0.2, 0.25) is 0 Å². The van der Waals surface area contributed by atoms with Gasteiger partial charge in [0.05, 0.1) is 48.1 Å². The SMILES string of the molecule is C.C.CC1(C)O[C@@H]2C[C@H]3[C@@H]4C[C@H](F)C5=CC(=O)C=C[C@]5(C)[C@@]4(F)[C@@H](O)C[C@]3(C)[C@]2(C(=O)SCC#N)O1.C[C@]12C=CC(=O)C=C1[C@@H](F)C[C@H]1[C@@H]3C[C@H]4OC(c5ccc(OC(F)(F)F)cc5)O[C@@]4(C(=O)SCC#N)[C@@]3(C)C[C@H](O)[C@@]12F. The lowest BCUT2D eigenvalue weighted by atomic mass is 9.44. The molecular formula is C57H65F7N2O11S2. The van der Waals surface area contributed by atoms with Gasteiger partial charge >= 0.3 is 6.36 Å². The summed E-state index contributed by atoms with van der Waals surface area (Å²) in [7, 11) is 0. The second kappa shape index (κ2) is 19.9. The summed E-state index contributed by atoms with van der Waals surface area (Å²) in [6.07, 6.45) is -7.43. The first-order valence-electron chi connectivity index (χ1n) is 25.5. The first kappa shape index (κ1) is 60.7. The van der Waals surface area contributed by atoms with Crippen molar-refractivity contribution in [2.75, 3.05) is 11.5 Å². The number of hydrogen-bond acceptors (Lipinski definition) is 15. The van der Waals surface area contributed by atoms with Crippen molar-refractivity contribution in [2.45, 2.75) is 173 Å². The summed E-state index contributed by atoms with van der Waals surface area (Å²) in [5.74, 6) is -5.94. The van der Waals surface area contributed by atoms with Gasteiger partial charge in [-0.1, -0.05) is 76.5 Å². The Morgan fingerprint density at radius 3 is 1.59 bits per heavy atom. The zero-order valence-electron chi connectivity index (χ0n) is 42.7. The van der Waals surface area contributed by atoms with E-state index in [4.69, 9.17) is 24.2 Å². The number of rotatable bonds is 6. The molecule has 2 heterocycles. The van der Waals surface area contributed by atoms with Gasteiger partial charge in [0, 0.05) is 39.1 Å². The predicted molar refractivity (Wildman–Crippen MR) is 275 cm³/mol. The number of alkyl halides is 7. The molecule has 2 saturated heterocycles. The van der Waals surface area contributed by atoms with E-state index >= 15 is 17.6 Å². The molecule has 6 saturated carbocycles. The van der Waals surface area contributed by atoms with Crippen LogP contribution in [-0.4, -0.2) is 115 Å². The molecule has 11 rings (SSSR count). The molecule has 430 valence electrons. The summed E-state index contributed by atoms with van der Waals surface area (Å²) in [6.45, 7) is 9.90. The highest BCUT2D eigenvalue weighted by Crippen LogP contribution is 2.75. The van der Waals surface area contributed by atoms with Crippen LogP contribution in [0.15, 0.2) is 71.9 Å². The van der Waals surface area contributed by atoms with Crippen molar-refractivity contribution in [3.05, 3.63) is 77.4 Å². The molecule has 0 aromatic heterocycles. The van der Waals surface area contributed by atoms with Gasteiger partial charge in [-0.15, -0.1) is 13.2 Å². The highest BCUT2D eigenvalue weighted by atomic mass is 32.2. The molecule has 8 aliphatic carbocycles. The second-order valence-corrected chi connectivity index (χ2v) is 25.3. The molecule has 79 heavy (non-hydrogen) atoms. The molecule has 10 aliphatic rings. The van der Waals surface area contributed by atoms with E-state index in [1.165, 1.54) is 43.4 Å². The Hall–Kier alpha value is -4.39. The molecule has 19 atom stereocenters. The van der Waals surface area contributed by atoms with Crippen molar-refractivity contribution >= 4 is 45.3 Å². The molecule has 0 amide bonds. The van der Waals surface area contributed by atoms with Gasteiger partial charge in [-0.05, 0) is 126 Å². The molecule has 8 fully saturated rings.